The van der Waals surface area contributed by atoms with Gasteiger partial charge in [0.15, 0.2) is 0 Å². The van der Waals surface area contributed by atoms with Crippen LogP contribution in [0.25, 0.3) is 11.1 Å². The number of hydrogen-bond donors (Lipinski definition) is 1. The molecule has 0 atom stereocenters. The minimum atomic E-state index is -4.37. The standard InChI is InChI=1S/C35H35ClF3NO3/c1-2-3-22-42-34(41)28-10-8-25(9-11-28)18-20-40-21-19-27-6-4-5-7-33(27)43-24-30-13-12-29(23-32(30)36)26-14-16-31(17-15-26)35(37,38)39/h4-17,23,40H,2-3,18-22,24H2,1H3. The predicted molar refractivity (Wildman–Crippen MR) is 165 cm³/mol. The summed E-state index contributed by atoms with van der Waals surface area (Å²) in [5.74, 6) is 0.491. The van der Waals surface area contributed by atoms with Crippen LogP contribution in [0.3, 0.4) is 0 Å². The highest BCUT2D eigenvalue weighted by atomic mass is 35.5. The molecule has 0 spiro atoms. The van der Waals surface area contributed by atoms with Crippen LogP contribution < -0.4 is 10.1 Å². The van der Waals surface area contributed by atoms with Crippen molar-refractivity contribution in [3.63, 3.8) is 0 Å². The summed E-state index contributed by atoms with van der Waals surface area (Å²) in [5.41, 5.74) is 4.26. The SMILES string of the molecule is CCCCOC(=O)c1ccc(CCNCCc2ccccc2OCc2ccc(-c3ccc(C(F)(F)F)cc3)cc2Cl)cc1. The fourth-order valence-electron chi connectivity index (χ4n) is 4.48. The number of carbonyl (C=O) groups is 1. The fraction of sp³-hybridized carbons (Fsp3) is 0.286. The van der Waals surface area contributed by atoms with Gasteiger partial charge in [-0.15, -0.1) is 0 Å². The lowest BCUT2D eigenvalue weighted by molar-refractivity contribution is -0.137. The molecule has 1 N–H and O–H groups in total. The zero-order chi connectivity index (χ0) is 30.7. The van der Waals surface area contributed by atoms with Gasteiger partial charge in [0.2, 0.25) is 0 Å². The van der Waals surface area contributed by atoms with E-state index in [1.807, 2.05) is 60.7 Å². The number of rotatable bonds is 14. The third-order valence-corrected chi connectivity index (χ3v) is 7.39. The monoisotopic (exact) mass is 609 g/mol. The molecule has 0 amide bonds. The molecule has 0 radical (unpaired) electrons. The van der Waals surface area contributed by atoms with Gasteiger partial charge in [-0.3, -0.25) is 0 Å². The van der Waals surface area contributed by atoms with Crippen LogP contribution in [0.2, 0.25) is 5.02 Å². The van der Waals surface area contributed by atoms with E-state index in [0.717, 1.165) is 78.9 Å². The molecule has 226 valence electrons. The Balaban J connectivity index is 1.24. The van der Waals surface area contributed by atoms with Crippen LogP contribution in [0.4, 0.5) is 13.2 Å². The lowest BCUT2D eigenvalue weighted by Crippen LogP contribution is -2.20. The van der Waals surface area contributed by atoms with E-state index < -0.39 is 11.7 Å². The second kappa shape index (κ2) is 15.6. The Labute approximate surface area is 255 Å². The molecule has 0 bridgehead atoms. The lowest BCUT2D eigenvalue weighted by atomic mass is 10.0. The van der Waals surface area contributed by atoms with Crippen molar-refractivity contribution in [1.29, 1.82) is 0 Å². The van der Waals surface area contributed by atoms with E-state index >= 15 is 0 Å². The van der Waals surface area contributed by atoms with E-state index in [4.69, 9.17) is 21.1 Å². The molecule has 4 nitrogen and oxygen atoms in total. The number of benzene rings is 4. The van der Waals surface area contributed by atoms with Gasteiger partial charge >= 0.3 is 12.1 Å². The summed E-state index contributed by atoms with van der Waals surface area (Å²) in [6.45, 7) is 4.33. The zero-order valence-corrected chi connectivity index (χ0v) is 24.8. The second-order valence-electron chi connectivity index (χ2n) is 10.2. The molecule has 4 aromatic rings. The number of para-hydroxylation sites is 1. The number of carbonyl (C=O) groups excluding carboxylic acids is 1. The molecule has 0 heterocycles. The van der Waals surface area contributed by atoms with Crippen LogP contribution in [0.15, 0.2) is 91.0 Å². The maximum Gasteiger partial charge on any atom is 0.416 e. The van der Waals surface area contributed by atoms with Gasteiger partial charge in [0.25, 0.3) is 0 Å². The highest BCUT2D eigenvalue weighted by Crippen LogP contribution is 2.32. The van der Waals surface area contributed by atoms with Crippen molar-refractivity contribution in [1.82, 2.24) is 5.32 Å². The van der Waals surface area contributed by atoms with E-state index in [0.29, 0.717) is 22.8 Å². The molecule has 8 heteroatoms. The first-order valence-corrected chi connectivity index (χ1v) is 14.8. The van der Waals surface area contributed by atoms with E-state index in [1.54, 1.807) is 6.07 Å². The second-order valence-corrected chi connectivity index (χ2v) is 10.6. The molecule has 0 saturated carbocycles. The molecule has 43 heavy (non-hydrogen) atoms. The molecule has 0 aliphatic carbocycles. The minimum absolute atomic E-state index is 0.263. The Morgan fingerprint density at radius 3 is 2.23 bits per heavy atom. The smallest absolute Gasteiger partial charge is 0.416 e. The summed E-state index contributed by atoms with van der Waals surface area (Å²) in [6.07, 6.45) is -0.904. The third kappa shape index (κ3) is 9.60. The summed E-state index contributed by atoms with van der Waals surface area (Å²) in [7, 11) is 0. The maximum atomic E-state index is 12.9. The van der Waals surface area contributed by atoms with Crippen molar-refractivity contribution in [2.75, 3.05) is 19.7 Å². The van der Waals surface area contributed by atoms with E-state index in [9.17, 15) is 18.0 Å². The predicted octanol–water partition coefficient (Wildman–Crippen LogP) is 8.94. The van der Waals surface area contributed by atoms with Crippen LogP contribution in [-0.2, 0) is 30.4 Å². The van der Waals surface area contributed by atoms with Gasteiger partial charge in [0.05, 0.1) is 17.7 Å². The maximum absolute atomic E-state index is 12.9. The van der Waals surface area contributed by atoms with Crippen molar-refractivity contribution >= 4 is 17.6 Å². The number of nitrogens with one attached hydrogen (secondary N) is 1. The van der Waals surface area contributed by atoms with Crippen LogP contribution >= 0.6 is 11.6 Å². The summed E-state index contributed by atoms with van der Waals surface area (Å²) in [5, 5.41) is 3.95. The molecule has 0 saturated heterocycles. The lowest BCUT2D eigenvalue weighted by Gasteiger charge is -2.14. The van der Waals surface area contributed by atoms with Gasteiger partial charge in [-0.05, 0) is 91.0 Å². The minimum Gasteiger partial charge on any atom is -0.489 e. The van der Waals surface area contributed by atoms with Crippen molar-refractivity contribution < 1.29 is 27.4 Å². The van der Waals surface area contributed by atoms with Crippen LogP contribution in [0, 0.1) is 0 Å². The zero-order valence-electron chi connectivity index (χ0n) is 24.1. The molecule has 4 rings (SSSR count). The van der Waals surface area contributed by atoms with Gasteiger partial charge in [0.1, 0.15) is 12.4 Å². The molecule has 0 fully saturated rings. The molecular formula is C35H35ClF3NO3. The topological polar surface area (TPSA) is 47.6 Å². The van der Waals surface area contributed by atoms with Crippen molar-refractivity contribution in [3.8, 4) is 16.9 Å². The summed E-state index contributed by atoms with van der Waals surface area (Å²) in [6, 6.07) is 25.8. The van der Waals surface area contributed by atoms with Crippen LogP contribution in [0.5, 0.6) is 5.75 Å². The van der Waals surface area contributed by atoms with Gasteiger partial charge in [-0.25, -0.2) is 4.79 Å². The average Bonchev–Trinajstić information content (AvgIpc) is 3.01. The number of hydrogen-bond acceptors (Lipinski definition) is 4. The molecule has 0 aliphatic heterocycles. The summed E-state index contributed by atoms with van der Waals surface area (Å²) < 4.78 is 50.0. The Bertz CT molecular complexity index is 1470. The first-order valence-electron chi connectivity index (χ1n) is 14.4. The molecule has 0 aromatic heterocycles. The summed E-state index contributed by atoms with van der Waals surface area (Å²) in [4.78, 5) is 12.1. The molecular weight excluding hydrogens is 575 g/mol. The first kappa shape index (κ1) is 32.1. The Hall–Kier alpha value is -3.81. The van der Waals surface area contributed by atoms with Crippen molar-refractivity contribution in [2.45, 2.75) is 45.4 Å². The third-order valence-electron chi connectivity index (χ3n) is 7.04. The van der Waals surface area contributed by atoms with Gasteiger partial charge < -0.3 is 14.8 Å². The quantitative estimate of drug-likeness (QED) is 0.115. The highest BCUT2D eigenvalue weighted by Gasteiger charge is 2.30. The van der Waals surface area contributed by atoms with Crippen LogP contribution in [0.1, 0.15) is 52.4 Å². The van der Waals surface area contributed by atoms with Gasteiger partial charge in [0, 0.05) is 10.6 Å². The molecule has 0 aliphatic rings. The van der Waals surface area contributed by atoms with E-state index in [2.05, 4.69) is 12.2 Å². The molecule has 0 unspecified atom stereocenters. The number of halogens is 4. The Morgan fingerprint density at radius 2 is 1.53 bits per heavy atom. The number of esters is 1. The van der Waals surface area contributed by atoms with Crippen molar-refractivity contribution in [2.24, 2.45) is 0 Å². The first-order chi connectivity index (χ1) is 20.7. The van der Waals surface area contributed by atoms with Gasteiger partial charge in [-0.1, -0.05) is 79.5 Å². The Kier molecular flexibility index (Phi) is 11.6. The van der Waals surface area contributed by atoms with Crippen LogP contribution in [-0.4, -0.2) is 25.7 Å². The van der Waals surface area contributed by atoms with E-state index in [-0.39, 0.29) is 12.6 Å². The normalized spacial score (nSPS) is 11.4. The average molecular weight is 610 g/mol. The number of unbranched alkanes of at least 4 members (excludes halogenated alkanes) is 1. The van der Waals surface area contributed by atoms with Gasteiger partial charge in [-0.2, -0.15) is 13.2 Å². The largest absolute Gasteiger partial charge is 0.489 e. The van der Waals surface area contributed by atoms with E-state index in [1.165, 1.54) is 12.1 Å². The Morgan fingerprint density at radius 1 is 0.837 bits per heavy atom. The van der Waals surface area contributed by atoms with Crippen molar-refractivity contribution in [3.05, 3.63) is 124 Å². The number of alkyl halides is 3. The summed E-state index contributed by atoms with van der Waals surface area (Å²) >= 11 is 6.51. The molecule has 4 aromatic carbocycles. The highest BCUT2D eigenvalue weighted by molar-refractivity contribution is 6.31. The number of ether oxygens (including phenoxy) is 2. The fourth-order valence-corrected chi connectivity index (χ4v) is 4.72.